The van der Waals surface area contributed by atoms with E-state index in [0.29, 0.717) is 33.9 Å². The second-order valence-electron chi connectivity index (χ2n) is 7.34. The number of amides is 1. The van der Waals surface area contributed by atoms with Gasteiger partial charge >= 0.3 is 0 Å². The number of carbonyl (C=O) groups is 2. The number of halogens is 1. The lowest BCUT2D eigenvalue weighted by Crippen LogP contribution is -2.25. The first-order valence-electron chi connectivity index (χ1n) is 9.48. The molecule has 0 fully saturated rings. The van der Waals surface area contributed by atoms with Crippen molar-refractivity contribution in [1.29, 1.82) is 0 Å². The summed E-state index contributed by atoms with van der Waals surface area (Å²) in [5, 5.41) is 3.76. The Morgan fingerprint density at radius 3 is 2.50 bits per heavy atom. The maximum absolute atomic E-state index is 13.0. The summed E-state index contributed by atoms with van der Waals surface area (Å²) < 4.78 is 2.47. The van der Waals surface area contributed by atoms with Crippen LogP contribution in [-0.2, 0) is 11.3 Å². The minimum Gasteiger partial charge on any atom is -0.326 e. The van der Waals surface area contributed by atoms with Crippen molar-refractivity contribution in [2.45, 2.75) is 32.5 Å². The molecule has 30 heavy (non-hydrogen) atoms. The standard InChI is InChI=1S/C22H22BrN3O3S/c1-13(2)11-26-21(29)18-10-16(23)6-9-19(18)25-22(26)30-12-20(28)15-4-7-17(8-5-15)24-14(3)27/h4-10,13H,11-12H2,1-3H3,(H,24,27). The molecule has 3 rings (SSSR count). The summed E-state index contributed by atoms with van der Waals surface area (Å²) in [4.78, 5) is 41.5. The molecule has 0 unspecified atom stereocenters. The predicted molar refractivity (Wildman–Crippen MR) is 124 cm³/mol. The molecule has 2 aromatic carbocycles. The van der Waals surface area contributed by atoms with Gasteiger partial charge in [0, 0.05) is 29.2 Å². The number of hydrogen-bond donors (Lipinski definition) is 1. The summed E-state index contributed by atoms with van der Waals surface area (Å²) >= 11 is 4.67. The maximum atomic E-state index is 13.0. The van der Waals surface area contributed by atoms with Crippen LogP contribution in [0.3, 0.4) is 0 Å². The molecule has 0 bridgehead atoms. The summed E-state index contributed by atoms with van der Waals surface area (Å²) in [5.41, 5.74) is 1.68. The minimum atomic E-state index is -0.165. The molecule has 0 aliphatic heterocycles. The number of carbonyl (C=O) groups excluding carboxylic acids is 2. The molecule has 0 saturated carbocycles. The molecular formula is C22H22BrN3O3S. The lowest BCUT2D eigenvalue weighted by Gasteiger charge is -2.15. The third kappa shape index (κ3) is 5.37. The van der Waals surface area contributed by atoms with Gasteiger partial charge in [0.05, 0.1) is 16.7 Å². The van der Waals surface area contributed by atoms with Gasteiger partial charge < -0.3 is 5.32 Å². The molecule has 0 saturated heterocycles. The lowest BCUT2D eigenvalue weighted by molar-refractivity contribution is -0.114. The van der Waals surface area contributed by atoms with Gasteiger partial charge in [-0.1, -0.05) is 41.5 Å². The van der Waals surface area contributed by atoms with E-state index in [1.807, 2.05) is 19.9 Å². The number of rotatable bonds is 7. The van der Waals surface area contributed by atoms with Crippen molar-refractivity contribution < 1.29 is 9.59 Å². The Balaban J connectivity index is 1.85. The SMILES string of the molecule is CC(=O)Nc1ccc(C(=O)CSc2nc3ccc(Br)cc3c(=O)n2CC(C)C)cc1. The zero-order valence-electron chi connectivity index (χ0n) is 16.9. The van der Waals surface area contributed by atoms with Gasteiger partial charge in [0.25, 0.3) is 5.56 Å². The lowest BCUT2D eigenvalue weighted by atomic mass is 10.1. The number of ketones is 1. The van der Waals surface area contributed by atoms with Gasteiger partial charge in [-0.05, 0) is 48.4 Å². The molecule has 6 nitrogen and oxygen atoms in total. The van der Waals surface area contributed by atoms with Crippen LogP contribution in [0.15, 0.2) is 56.9 Å². The van der Waals surface area contributed by atoms with Crippen LogP contribution in [0.5, 0.6) is 0 Å². The number of fused-ring (bicyclic) bond motifs is 1. The number of thioether (sulfide) groups is 1. The minimum absolute atomic E-state index is 0.0735. The van der Waals surface area contributed by atoms with Crippen LogP contribution in [-0.4, -0.2) is 27.0 Å². The molecule has 0 aliphatic rings. The molecule has 3 aromatic rings. The third-order valence-electron chi connectivity index (χ3n) is 4.29. The highest BCUT2D eigenvalue weighted by Gasteiger charge is 2.15. The Bertz CT molecular complexity index is 1160. The average Bonchev–Trinajstić information content (AvgIpc) is 2.69. The van der Waals surface area contributed by atoms with Crippen LogP contribution in [0.4, 0.5) is 5.69 Å². The van der Waals surface area contributed by atoms with E-state index < -0.39 is 0 Å². The Labute approximate surface area is 187 Å². The second kappa shape index (κ2) is 9.57. The maximum Gasteiger partial charge on any atom is 0.262 e. The molecular weight excluding hydrogens is 466 g/mol. The van der Waals surface area contributed by atoms with E-state index in [9.17, 15) is 14.4 Å². The molecule has 1 aromatic heterocycles. The zero-order chi connectivity index (χ0) is 21.8. The number of nitrogens with one attached hydrogen (secondary N) is 1. The van der Waals surface area contributed by atoms with Gasteiger partial charge in [0.2, 0.25) is 5.91 Å². The van der Waals surface area contributed by atoms with Crippen molar-refractivity contribution in [3.8, 4) is 0 Å². The highest BCUT2D eigenvalue weighted by atomic mass is 79.9. The van der Waals surface area contributed by atoms with Gasteiger partial charge in [-0.15, -0.1) is 0 Å². The van der Waals surface area contributed by atoms with Crippen LogP contribution >= 0.6 is 27.7 Å². The topological polar surface area (TPSA) is 81.1 Å². The van der Waals surface area contributed by atoms with Crippen molar-refractivity contribution in [1.82, 2.24) is 9.55 Å². The number of Topliss-reactive ketones (excluding diaryl/α,β-unsaturated/α-hetero) is 1. The first-order chi connectivity index (χ1) is 14.2. The highest BCUT2D eigenvalue weighted by Crippen LogP contribution is 2.22. The number of hydrogen-bond acceptors (Lipinski definition) is 5. The van der Waals surface area contributed by atoms with Gasteiger partial charge in [-0.3, -0.25) is 19.0 Å². The van der Waals surface area contributed by atoms with Crippen LogP contribution < -0.4 is 10.9 Å². The largest absolute Gasteiger partial charge is 0.326 e. The average molecular weight is 488 g/mol. The van der Waals surface area contributed by atoms with Crippen LogP contribution in [0, 0.1) is 5.92 Å². The Morgan fingerprint density at radius 2 is 1.87 bits per heavy atom. The van der Waals surface area contributed by atoms with E-state index in [4.69, 9.17) is 0 Å². The van der Waals surface area contributed by atoms with Crippen LogP contribution in [0.25, 0.3) is 10.9 Å². The first-order valence-corrected chi connectivity index (χ1v) is 11.3. The molecule has 8 heteroatoms. The van der Waals surface area contributed by atoms with Crippen LogP contribution in [0.2, 0.25) is 0 Å². The Morgan fingerprint density at radius 1 is 1.17 bits per heavy atom. The van der Waals surface area contributed by atoms with Crippen molar-refractivity contribution in [3.05, 3.63) is 62.9 Å². The van der Waals surface area contributed by atoms with E-state index in [1.165, 1.54) is 18.7 Å². The second-order valence-corrected chi connectivity index (χ2v) is 9.19. The van der Waals surface area contributed by atoms with E-state index in [1.54, 1.807) is 41.0 Å². The summed E-state index contributed by atoms with van der Waals surface area (Å²) in [6.45, 7) is 6.03. The molecule has 156 valence electrons. The summed E-state index contributed by atoms with van der Waals surface area (Å²) in [7, 11) is 0. The zero-order valence-corrected chi connectivity index (χ0v) is 19.3. The van der Waals surface area contributed by atoms with Crippen molar-refractivity contribution in [3.63, 3.8) is 0 Å². The van der Waals surface area contributed by atoms with E-state index in [0.717, 1.165) is 4.47 Å². The quantitative estimate of drug-likeness (QED) is 0.295. The van der Waals surface area contributed by atoms with Crippen molar-refractivity contribution >= 4 is 56.0 Å². The van der Waals surface area contributed by atoms with Crippen LogP contribution in [0.1, 0.15) is 31.1 Å². The van der Waals surface area contributed by atoms with E-state index >= 15 is 0 Å². The number of anilines is 1. The van der Waals surface area contributed by atoms with Gasteiger partial charge in [0.1, 0.15) is 0 Å². The number of benzene rings is 2. The molecule has 0 spiro atoms. The summed E-state index contributed by atoms with van der Waals surface area (Å²) in [6, 6.07) is 12.2. The smallest absolute Gasteiger partial charge is 0.262 e. The Kier molecular flexibility index (Phi) is 7.10. The summed E-state index contributed by atoms with van der Waals surface area (Å²) in [5.74, 6) is 0.176. The molecule has 0 aliphatic carbocycles. The monoisotopic (exact) mass is 487 g/mol. The van der Waals surface area contributed by atoms with Crippen molar-refractivity contribution in [2.24, 2.45) is 5.92 Å². The summed E-state index contributed by atoms with van der Waals surface area (Å²) in [6.07, 6.45) is 0. The van der Waals surface area contributed by atoms with Crippen molar-refractivity contribution in [2.75, 3.05) is 11.1 Å². The van der Waals surface area contributed by atoms with Gasteiger partial charge in [0.15, 0.2) is 10.9 Å². The first kappa shape index (κ1) is 22.2. The normalized spacial score (nSPS) is 11.1. The van der Waals surface area contributed by atoms with Gasteiger partial charge in [-0.2, -0.15) is 0 Å². The predicted octanol–water partition coefficient (Wildman–Crippen LogP) is 4.75. The number of aromatic nitrogens is 2. The molecule has 1 heterocycles. The fraction of sp³-hybridized carbons (Fsp3) is 0.273. The van der Waals surface area contributed by atoms with E-state index in [2.05, 4.69) is 26.2 Å². The fourth-order valence-corrected chi connectivity index (χ4v) is 4.23. The molecule has 1 N–H and O–H groups in total. The molecule has 1 amide bonds. The third-order valence-corrected chi connectivity index (χ3v) is 5.76. The van der Waals surface area contributed by atoms with E-state index in [-0.39, 0.29) is 28.9 Å². The molecule has 0 atom stereocenters. The molecule has 0 radical (unpaired) electrons. The van der Waals surface area contributed by atoms with Gasteiger partial charge in [-0.25, -0.2) is 4.98 Å². The highest BCUT2D eigenvalue weighted by molar-refractivity contribution is 9.10. The Hall–Kier alpha value is -2.45. The fourth-order valence-electron chi connectivity index (χ4n) is 2.97. The number of nitrogens with zero attached hydrogens (tertiary/aromatic N) is 2.